The normalized spacial score (nSPS) is 14.6. The Morgan fingerprint density at radius 3 is 2.29 bits per heavy atom. The number of amides is 1. The monoisotopic (exact) mass is 419 g/mol. The van der Waals surface area contributed by atoms with Crippen molar-refractivity contribution in [3.8, 4) is 0 Å². The van der Waals surface area contributed by atoms with Gasteiger partial charge in [-0.15, -0.1) is 0 Å². The Bertz CT molecular complexity index is 986. The predicted molar refractivity (Wildman–Crippen MR) is 121 cm³/mol. The number of hydrogen-bond donors (Lipinski definition) is 0. The summed E-state index contributed by atoms with van der Waals surface area (Å²) >= 11 is 0. The van der Waals surface area contributed by atoms with E-state index in [0.29, 0.717) is 31.5 Å². The molecule has 1 fully saturated rings. The van der Waals surface area contributed by atoms with Gasteiger partial charge in [0, 0.05) is 24.7 Å². The van der Waals surface area contributed by atoms with E-state index in [1.165, 1.54) is 0 Å². The number of carbonyl (C=O) groups is 3. The number of benzene rings is 2. The molecule has 1 aliphatic rings. The summed E-state index contributed by atoms with van der Waals surface area (Å²) in [7, 11) is 0. The lowest BCUT2D eigenvalue weighted by molar-refractivity contribution is -0.150. The van der Waals surface area contributed by atoms with Gasteiger partial charge in [-0.2, -0.15) is 0 Å². The molecule has 0 unspecified atom stereocenters. The highest BCUT2D eigenvalue weighted by Crippen LogP contribution is 2.20. The van der Waals surface area contributed by atoms with Gasteiger partial charge in [0.2, 0.25) is 11.7 Å². The number of Topliss-reactive ketones (excluding diaryl/α,β-unsaturated/α-hetero) is 1. The largest absolute Gasteiger partial charge is 0.457 e. The molecule has 2 aromatic carbocycles. The molecule has 162 valence electrons. The molecule has 0 aromatic heterocycles. The Hall–Kier alpha value is -3.21. The minimum absolute atomic E-state index is 0.0592. The summed E-state index contributed by atoms with van der Waals surface area (Å²) in [5.74, 6) is -0.888. The average molecular weight is 420 g/mol. The minimum atomic E-state index is -0.359. The lowest BCUT2D eigenvalue weighted by Crippen LogP contribution is -2.40. The fraction of sp³-hybridized carbons (Fsp3) is 0.346. The van der Waals surface area contributed by atoms with Gasteiger partial charge in [-0.05, 0) is 68.0 Å². The second-order valence-corrected chi connectivity index (χ2v) is 8.13. The molecule has 2 aromatic rings. The maximum absolute atomic E-state index is 12.5. The first-order valence-corrected chi connectivity index (χ1v) is 10.6. The van der Waals surface area contributed by atoms with Crippen LogP contribution in [-0.2, 0) is 14.3 Å². The number of ketones is 1. The molecule has 0 atom stereocenters. The predicted octanol–water partition coefficient (Wildman–Crippen LogP) is 4.29. The van der Waals surface area contributed by atoms with Crippen molar-refractivity contribution in [1.82, 2.24) is 4.90 Å². The Morgan fingerprint density at radius 1 is 0.968 bits per heavy atom. The molecule has 0 saturated carbocycles. The van der Waals surface area contributed by atoms with E-state index in [0.717, 1.165) is 22.3 Å². The van der Waals surface area contributed by atoms with E-state index in [1.807, 2.05) is 63.2 Å². The average Bonchev–Trinajstić information content (AvgIpc) is 2.78. The van der Waals surface area contributed by atoms with Crippen molar-refractivity contribution in [3.05, 3.63) is 76.4 Å². The maximum Gasteiger partial charge on any atom is 0.309 e. The number of hydrogen-bond acceptors (Lipinski definition) is 4. The van der Waals surface area contributed by atoms with E-state index in [-0.39, 0.29) is 30.2 Å². The van der Waals surface area contributed by atoms with Crippen molar-refractivity contribution in [1.29, 1.82) is 0 Å². The molecule has 0 N–H and O–H groups in total. The second kappa shape index (κ2) is 10.2. The van der Waals surface area contributed by atoms with Crippen LogP contribution in [0, 0.1) is 26.7 Å². The number of piperidine rings is 1. The first kappa shape index (κ1) is 22.5. The van der Waals surface area contributed by atoms with Gasteiger partial charge in [0.25, 0.3) is 0 Å². The van der Waals surface area contributed by atoms with Crippen LogP contribution in [0.25, 0.3) is 6.08 Å². The smallest absolute Gasteiger partial charge is 0.309 e. The first-order valence-electron chi connectivity index (χ1n) is 10.6. The van der Waals surface area contributed by atoms with Crippen molar-refractivity contribution in [2.45, 2.75) is 33.6 Å². The molecule has 3 rings (SSSR count). The summed E-state index contributed by atoms with van der Waals surface area (Å²) in [6.07, 6.45) is 4.45. The third-order valence-electron chi connectivity index (χ3n) is 5.84. The molecular weight excluding hydrogens is 390 g/mol. The maximum atomic E-state index is 12.5. The van der Waals surface area contributed by atoms with Gasteiger partial charge in [0.1, 0.15) is 0 Å². The molecule has 1 saturated heterocycles. The quantitative estimate of drug-likeness (QED) is 0.398. The summed E-state index contributed by atoms with van der Waals surface area (Å²) in [4.78, 5) is 39.1. The van der Waals surface area contributed by atoms with Crippen LogP contribution < -0.4 is 0 Å². The zero-order valence-electron chi connectivity index (χ0n) is 18.4. The van der Waals surface area contributed by atoms with E-state index < -0.39 is 0 Å². The molecule has 0 radical (unpaired) electrons. The molecule has 31 heavy (non-hydrogen) atoms. The molecule has 5 nitrogen and oxygen atoms in total. The van der Waals surface area contributed by atoms with Crippen LogP contribution in [0.1, 0.15) is 45.5 Å². The molecule has 0 aliphatic carbocycles. The zero-order chi connectivity index (χ0) is 22.4. The van der Waals surface area contributed by atoms with E-state index >= 15 is 0 Å². The van der Waals surface area contributed by atoms with Crippen LogP contribution in [0.15, 0.2) is 48.5 Å². The van der Waals surface area contributed by atoms with Gasteiger partial charge in [-0.1, -0.05) is 36.4 Å². The van der Waals surface area contributed by atoms with Crippen molar-refractivity contribution in [3.63, 3.8) is 0 Å². The number of esters is 1. The summed E-state index contributed by atoms with van der Waals surface area (Å²) in [6.45, 7) is 6.61. The molecule has 0 spiro atoms. The number of carbonyl (C=O) groups excluding carboxylic acids is 3. The second-order valence-electron chi connectivity index (χ2n) is 8.13. The van der Waals surface area contributed by atoms with Crippen molar-refractivity contribution >= 4 is 23.7 Å². The molecule has 1 heterocycles. The van der Waals surface area contributed by atoms with Gasteiger partial charge in [-0.3, -0.25) is 14.4 Å². The fourth-order valence-corrected chi connectivity index (χ4v) is 3.77. The van der Waals surface area contributed by atoms with Crippen LogP contribution in [0.2, 0.25) is 0 Å². The lowest BCUT2D eigenvalue weighted by atomic mass is 9.96. The van der Waals surface area contributed by atoms with E-state index in [1.54, 1.807) is 17.1 Å². The highest BCUT2D eigenvalue weighted by atomic mass is 16.5. The van der Waals surface area contributed by atoms with Crippen LogP contribution in [0.5, 0.6) is 0 Å². The molecular formula is C26H29NO4. The van der Waals surface area contributed by atoms with Gasteiger partial charge in [0.15, 0.2) is 6.61 Å². The zero-order valence-corrected chi connectivity index (χ0v) is 18.4. The molecule has 5 heteroatoms. The summed E-state index contributed by atoms with van der Waals surface area (Å²) in [5, 5.41) is 0. The van der Waals surface area contributed by atoms with Crippen molar-refractivity contribution in [2.75, 3.05) is 19.7 Å². The SMILES string of the molecule is Cc1cc(C)c(C(=O)COC(=O)C2CCN(C(=O)/C=C/c3ccccc3)CC2)cc1C. The van der Waals surface area contributed by atoms with Crippen LogP contribution in [-0.4, -0.2) is 42.3 Å². The van der Waals surface area contributed by atoms with E-state index in [9.17, 15) is 14.4 Å². The van der Waals surface area contributed by atoms with Crippen LogP contribution >= 0.6 is 0 Å². The van der Waals surface area contributed by atoms with Crippen LogP contribution in [0.3, 0.4) is 0 Å². The lowest BCUT2D eigenvalue weighted by Gasteiger charge is -2.30. The fourth-order valence-electron chi connectivity index (χ4n) is 3.77. The Labute approximate surface area is 183 Å². The first-order chi connectivity index (χ1) is 14.8. The van der Waals surface area contributed by atoms with E-state index in [2.05, 4.69) is 0 Å². The number of rotatable bonds is 6. The van der Waals surface area contributed by atoms with Gasteiger partial charge in [0.05, 0.1) is 5.92 Å². The molecule has 1 aliphatic heterocycles. The Balaban J connectivity index is 1.47. The van der Waals surface area contributed by atoms with Gasteiger partial charge < -0.3 is 9.64 Å². The number of nitrogens with zero attached hydrogens (tertiary/aromatic N) is 1. The summed E-state index contributed by atoms with van der Waals surface area (Å²) in [5.41, 5.74) is 4.63. The van der Waals surface area contributed by atoms with Crippen molar-refractivity contribution < 1.29 is 19.1 Å². The Morgan fingerprint density at radius 2 is 1.61 bits per heavy atom. The molecule has 0 bridgehead atoms. The standard InChI is InChI=1S/C26H29NO4/c1-18-15-20(3)23(16-19(18)2)24(28)17-31-26(30)22-11-13-27(14-12-22)25(29)10-9-21-7-5-4-6-8-21/h4-10,15-16,22H,11-14,17H2,1-3H3/b10-9+. The summed E-state index contributed by atoms with van der Waals surface area (Å²) < 4.78 is 5.32. The van der Waals surface area contributed by atoms with Gasteiger partial charge in [-0.25, -0.2) is 0 Å². The summed E-state index contributed by atoms with van der Waals surface area (Å²) in [6, 6.07) is 13.5. The topological polar surface area (TPSA) is 63.7 Å². The van der Waals surface area contributed by atoms with E-state index in [4.69, 9.17) is 4.74 Å². The highest BCUT2D eigenvalue weighted by Gasteiger charge is 2.28. The number of aryl methyl sites for hydroxylation is 3. The third-order valence-corrected chi connectivity index (χ3v) is 5.84. The van der Waals surface area contributed by atoms with Crippen LogP contribution in [0.4, 0.5) is 0 Å². The number of ether oxygens (including phenoxy) is 1. The highest BCUT2D eigenvalue weighted by molar-refractivity contribution is 5.99. The van der Waals surface area contributed by atoms with Gasteiger partial charge >= 0.3 is 5.97 Å². The minimum Gasteiger partial charge on any atom is -0.457 e. The molecule has 1 amide bonds. The third kappa shape index (κ3) is 5.91. The number of likely N-dealkylation sites (tertiary alicyclic amines) is 1. The Kier molecular flexibility index (Phi) is 7.40. The van der Waals surface area contributed by atoms with Crippen molar-refractivity contribution in [2.24, 2.45) is 5.92 Å².